The van der Waals surface area contributed by atoms with E-state index in [9.17, 15) is 9.90 Å². The first-order chi connectivity index (χ1) is 9.18. The van der Waals surface area contributed by atoms with Gasteiger partial charge in [-0.1, -0.05) is 18.2 Å². The fourth-order valence-electron chi connectivity index (χ4n) is 1.92. The number of H-pyrrole nitrogens is 1. The van der Waals surface area contributed by atoms with Crippen LogP contribution in [0.4, 0.5) is 0 Å². The first-order valence-corrected chi connectivity index (χ1v) is 6.20. The van der Waals surface area contributed by atoms with Crippen LogP contribution >= 0.6 is 0 Å². The van der Waals surface area contributed by atoms with Crippen molar-refractivity contribution in [3.05, 3.63) is 29.8 Å². The van der Waals surface area contributed by atoms with Crippen LogP contribution < -0.4 is 0 Å². The number of nitrogens with zero attached hydrogens (tertiary/aromatic N) is 1. The Morgan fingerprint density at radius 3 is 2.89 bits per heavy atom. The molecule has 2 aromatic rings. The highest BCUT2D eigenvalue weighted by Gasteiger charge is 2.07. The van der Waals surface area contributed by atoms with Gasteiger partial charge in [-0.2, -0.15) is 0 Å². The molecule has 0 saturated heterocycles. The standard InChI is InChI=1S/C14H16N2O3/c17-13(18)7-3-4-8-15-9-11-10-5-1-2-6-12(10)16-14(11)19/h1-2,5-6,9,16,19H,3-4,7-8H2,(H,17,18). The van der Waals surface area contributed by atoms with Crippen LogP contribution in [0.1, 0.15) is 24.8 Å². The number of carboxylic acids is 1. The zero-order valence-electron chi connectivity index (χ0n) is 10.5. The number of fused-ring (bicyclic) bond motifs is 1. The summed E-state index contributed by atoms with van der Waals surface area (Å²) in [5, 5.41) is 19.2. The number of carboxylic acid groups (broad SMARTS) is 1. The molecule has 3 N–H and O–H groups in total. The SMILES string of the molecule is O=C(O)CCCCN=Cc1c(O)[nH]c2ccccc12. The Morgan fingerprint density at radius 2 is 2.11 bits per heavy atom. The number of unbranched alkanes of at least 4 members (excludes halogenated alkanes) is 1. The van der Waals surface area contributed by atoms with E-state index in [4.69, 9.17) is 5.11 Å². The van der Waals surface area contributed by atoms with E-state index < -0.39 is 5.97 Å². The number of aromatic nitrogens is 1. The van der Waals surface area contributed by atoms with E-state index in [1.165, 1.54) is 0 Å². The third kappa shape index (κ3) is 3.34. The number of aliphatic carboxylic acids is 1. The lowest BCUT2D eigenvalue weighted by Crippen LogP contribution is -1.94. The number of benzene rings is 1. The third-order valence-corrected chi connectivity index (χ3v) is 2.87. The molecule has 0 atom stereocenters. The van der Waals surface area contributed by atoms with Gasteiger partial charge in [0.15, 0.2) is 5.88 Å². The number of rotatable bonds is 6. The second-order valence-electron chi connectivity index (χ2n) is 4.32. The summed E-state index contributed by atoms with van der Waals surface area (Å²) in [6.45, 7) is 0.562. The molecule has 0 fully saturated rings. The highest BCUT2D eigenvalue weighted by Crippen LogP contribution is 2.24. The maximum atomic E-state index is 10.3. The van der Waals surface area contributed by atoms with Gasteiger partial charge in [0, 0.05) is 30.1 Å². The van der Waals surface area contributed by atoms with Crippen molar-refractivity contribution >= 4 is 23.1 Å². The minimum absolute atomic E-state index is 0.107. The summed E-state index contributed by atoms with van der Waals surface area (Å²) in [7, 11) is 0. The molecule has 0 aliphatic rings. The third-order valence-electron chi connectivity index (χ3n) is 2.87. The Hall–Kier alpha value is -2.30. The lowest BCUT2D eigenvalue weighted by atomic mass is 10.2. The molecule has 0 spiro atoms. The van der Waals surface area contributed by atoms with Gasteiger partial charge < -0.3 is 15.2 Å². The number of carbonyl (C=O) groups is 1. The number of aliphatic imine (C=N–C) groups is 1. The van der Waals surface area contributed by atoms with Crippen molar-refractivity contribution in [3.63, 3.8) is 0 Å². The van der Waals surface area contributed by atoms with Crippen LogP contribution in [0.15, 0.2) is 29.3 Å². The molecule has 2 rings (SSSR count). The summed E-state index contributed by atoms with van der Waals surface area (Å²) < 4.78 is 0. The van der Waals surface area contributed by atoms with Crippen molar-refractivity contribution in [2.24, 2.45) is 4.99 Å². The second-order valence-corrected chi connectivity index (χ2v) is 4.32. The van der Waals surface area contributed by atoms with Gasteiger partial charge in [-0.05, 0) is 18.9 Å². The molecule has 0 unspecified atom stereocenters. The minimum Gasteiger partial charge on any atom is -0.494 e. The van der Waals surface area contributed by atoms with Gasteiger partial charge in [0.2, 0.25) is 0 Å². The number of para-hydroxylation sites is 1. The largest absolute Gasteiger partial charge is 0.494 e. The Bertz CT molecular complexity index is 602. The van der Waals surface area contributed by atoms with Crippen LogP contribution in [0.3, 0.4) is 0 Å². The smallest absolute Gasteiger partial charge is 0.303 e. The van der Waals surface area contributed by atoms with E-state index in [2.05, 4.69) is 9.98 Å². The van der Waals surface area contributed by atoms with Gasteiger partial charge in [-0.15, -0.1) is 0 Å². The van der Waals surface area contributed by atoms with E-state index in [0.29, 0.717) is 18.5 Å². The van der Waals surface area contributed by atoms with Crippen molar-refractivity contribution in [1.29, 1.82) is 0 Å². The topological polar surface area (TPSA) is 85.7 Å². The van der Waals surface area contributed by atoms with Crippen molar-refractivity contribution in [2.75, 3.05) is 6.54 Å². The molecule has 5 heteroatoms. The van der Waals surface area contributed by atoms with Gasteiger partial charge >= 0.3 is 5.97 Å². The first kappa shape index (κ1) is 13.1. The zero-order valence-corrected chi connectivity index (χ0v) is 10.5. The Labute approximate surface area is 110 Å². The normalized spacial score (nSPS) is 11.4. The number of nitrogens with one attached hydrogen (secondary N) is 1. The average Bonchev–Trinajstić information content (AvgIpc) is 2.69. The Balaban J connectivity index is 1.97. The van der Waals surface area contributed by atoms with Gasteiger partial charge in [0.05, 0.1) is 5.56 Å². The maximum absolute atomic E-state index is 10.3. The molecule has 0 radical (unpaired) electrons. The molecule has 1 aromatic carbocycles. The molecule has 0 amide bonds. The number of hydrogen-bond acceptors (Lipinski definition) is 3. The molecule has 0 aliphatic carbocycles. The van der Waals surface area contributed by atoms with E-state index in [1.54, 1.807) is 6.21 Å². The quantitative estimate of drug-likeness (QED) is 0.551. The van der Waals surface area contributed by atoms with Crippen molar-refractivity contribution in [3.8, 4) is 5.88 Å². The van der Waals surface area contributed by atoms with Crippen LogP contribution in [-0.2, 0) is 4.79 Å². The maximum Gasteiger partial charge on any atom is 0.303 e. The summed E-state index contributed by atoms with van der Waals surface area (Å²) in [5.41, 5.74) is 1.54. The molecular weight excluding hydrogens is 244 g/mol. The Morgan fingerprint density at radius 1 is 1.32 bits per heavy atom. The summed E-state index contributed by atoms with van der Waals surface area (Å²) >= 11 is 0. The van der Waals surface area contributed by atoms with Crippen LogP contribution in [0.2, 0.25) is 0 Å². The lowest BCUT2D eigenvalue weighted by Gasteiger charge is -1.94. The van der Waals surface area contributed by atoms with Gasteiger partial charge in [0.25, 0.3) is 0 Å². The number of hydrogen-bond donors (Lipinski definition) is 3. The van der Waals surface area contributed by atoms with Crippen LogP contribution in [0.25, 0.3) is 10.9 Å². The highest BCUT2D eigenvalue weighted by atomic mass is 16.4. The summed E-state index contributed by atoms with van der Waals surface area (Å²) in [6, 6.07) is 7.60. The predicted molar refractivity (Wildman–Crippen MR) is 73.9 cm³/mol. The molecule has 5 nitrogen and oxygen atoms in total. The molecule has 100 valence electrons. The predicted octanol–water partition coefficient (Wildman–Crippen LogP) is 2.55. The molecule has 0 bridgehead atoms. The lowest BCUT2D eigenvalue weighted by molar-refractivity contribution is -0.137. The highest BCUT2D eigenvalue weighted by molar-refractivity contribution is 6.01. The molecule has 0 aliphatic heterocycles. The summed E-state index contributed by atoms with van der Waals surface area (Å²) in [5.74, 6) is -0.672. The molecule has 1 aromatic heterocycles. The van der Waals surface area contributed by atoms with Crippen molar-refractivity contribution < 1.29 is 15.0 Å². The fourth-order valence-corrected chi connectivity index (χ4v) is 1.92. The minimum atomic E-state index is -0.779. The van der Waals surface area contributed by atoms with Crippen molar-refractivity contribution in [1.82, 2.24) is 4.98 Å². The van der Waals surface area contributed by atoms with Crippen molar-refractivity contribution in [2.45, 2.75) is 19.3 Å². The monoisotopic (exact) mass is 260 g/mol. The molecule has 1 heterocycles. The summed E-state index contributed by atoms with van der Waals surface area (Å²) in [4.78, 5) is 17.4. The molecular formula is C14H16N2O3. The Kier molecular flexibility index (Phi) is 4.18. The van der Waals surface area contributed by atoms with Crippen LogP contribution in [0, 0.1) is 0 Å². The second kappa shape index (κ2) is 6.04. The van der Waals surface area contributed by atoms with E-state index in [1.807, 2.05) is 24.3 Å². The summed E-state index contributed by atoms with van der Waals surface area (Å²) in [6.07, 6.45) is 3.15. The molecule has 0 saturated carbocycles. The fraction of sp³-hybridized carbons (Fsp3) is 0.286. The zero-order chi connectivity index (χ0) is 13.7. The van der Waals surface area contributed by atoms with E-state index in [0.717, 1.165) is 17.3 Å². The van der Waals surface area contributed by atoms with Crippen LogP contribution in [-0.4, -0.2) is 33.9 Å². The van der Waals surface area contributed by atoms with Gasteiger partial charge in [-0.25, -0.2) is 0 Å². The van der Waals surface area contributed by atoms with Gasteiger partial charge in [0.1, 0.15) is 0 Å². The number of aromatic amines is 1. The van der Waals surface area contributed by atoms with E-state index >= 15 is 0 Å². The van der Waals surface area contributed by atoms with Gasteiger partial charge in [-0.3, -0.25) is 9.79 Å². The number of aromatic hydroxyl groups is 1. The van der Waals surface area contributed by atoms with Crippen LogP contribution in [0.5, 0.6) is 5.88 Å². The molecule has 19 heavy (non-hydrogen) atoms. The van der Waals surface area contributed by atoms with E-state index in [-0.39, 0.29) is 12.3 Å². The average molecular weight is 260 g/mol. The first-order valence-electron chi connectivity index (χ1n) is 6.20.